The first kappa shape index (κ1) is 26.3. The maximum Gasteiger partial charge on any atom is 0.341 e. The third kappa shape index (κ3) is 5.49. The van der Waals surface area contributed by atoms with Gasteiger partial charge in [0.2, 0.25) is 11.8 Å². The summed E-state index contributed by atoms with van der Waals surface area (Å²) in [4.78, 5) is 52.5. The number of fused-ring (bicyclic) bond motifs is 2. The largest absolute Gasteiger partial charge is 0.465 e. The Morgan fingerprint density at radius 2 is 1.14 bits per heavy atom. The summed E-state index contributed by atoms with van der Waals surface area (Å²) in [5.41, 5.74) is 2.79. The van der Waals surface area contributed by atoms with Gasteiger partial charge < -0.3 is 20.1 Å². The standard InChI is InChI=1S/C26H32N2O6S2/c1-13-5-7-15-17(11-13)35-23(21(15)25(31)33-3)27-19(29)9-10-20(30)28-24-22(26(32)34-4)16-8-6-14(2)12-18(16)36-24/h13-14H,5-12H2,1-4H3,(H,27,29)(H,28,30)/t13-,14-/m0/s1. The van der Waals surface area contributed by atoms with E-state index in [4.69, 9.17) is 9.47 Å². The maximum atomic E-state index is 12.7. The molecular weight excluding hydrogens is 500 g/mol. The smallest absolute Gasteiger partial charge is 0.341 e. The Morgan fingerprint density at radius 3 is 1.50 bits per heavy atom. The summed E-state index contributed by atoms with van der Waals surface area (Å²) in [7, 11) is 2.67. The van der Waals surface area contributed by atoms with Crippen LogP contribution in [0.3, 0.4) is 0 Å². The predicted molar refractivity (Wildman–Crippen MR) is 140 cm³/mol. The summed E-state index contributed by atoms with van der Waals surface area (Å²) < 4.78 is 9.94. The number of amides is 2. The molecule has 0 radical (unpaired) electrons. The van der Waals surface area contributed by atoms with Crippen LogP contribution >= 0.6 is 22.7 Å². The van der Waals surface area contributed by atoms with Gasteiger partial charge >= 0.3 is 11.9 Å². The molecule has 0 saturated carbocycles. The van der Waals surface area contributed by atoms with E-state index in [1.807, 2.05) is 0 Å². The Balaban J connectivity index is 1.42. The van der Waals surface area contributed by atoms with Crippen molar-refractivity contribution in [2.24, 2.45) is 11.8 Å². The number of anilines is 2. The van der Waals surface area contributed by atoms with E-state index in [2.05, 4.69) is 24.5 Å². The molecule has 0 aliphatic heterocycles. The average molecular weight is 533 g/mol. The fourth-order valence-corrected chi connectivity index (χ4v) is 7.75. The highest BCUT2D eigenvalue weighted by Gasteiger charge is 2.30. The van der Waals surface area contributed by atoms with E-state index in [1.165, 1.54) is 36.9 Å². The van der Waals surface area contributed by atoms with Gasteiger partial charge in [0, 0.05) is 22.6 Å². The Labute approximate surface area is 218 Å². The summed E-state index contributed by atoms with van der Waals surface area (Å²) in [5.74, 6) is -0.573. The zero-order valence-corrected chi connectivity index (χ0v) is 22.7. The molecule has 2 N–H and O–H groups in total. The second kappa shape index (κ2) is 11.1. The van der Waals surface area contributed by atoms with Crippen LogP contribution in [0.4, 0.5) is 10.0 Å². The average Bonchev–Trinajstić information content (AvgIpc) is 3.37. The monoisotopic (exact) mass is 532 g/mol. The Kier molecular flexibility index (Phi) is 8.14. The Morgan fingerprint density at radius 1 is 0.750 bits per heavy atom. The van der Waals surface area contributed by atoms with Gasteiger partial charge in [-0.2, -0.15) is 0 Å². The molecule has 2 aromatic heterocycles. The molecule has 2 atom stereocenters. The zero-order valence-electron chi connectivity index (χ0n) is 21.1. The number of esters is 2. The Bertz CT molecular complexity index is 1110. The lowest BCUT2D eigenvalue weighted by Gasteiger charge is -2.18. The van der Waals surface area contributed by atoms with Crippen molar-refractivity contribution in [2.45, 2.75) is 65.2 Å². The molecule has 2 aliphatic carbocycles. The number of hydrogen-bond donors (Lipinski definition) is 2. The highest BCUT2D eigenvalue weighted by Crippen LogP contribution is 2.41. The van der Waals surface area contributed by atoms with Gasteiger partial charge in [-0.25, -0.2) is 9.59 Å². The van der Waals surface area contributed by atoms with Gasteiger partial charge in [-0.15, -0.1) is 22.7 Å². The minimum Gasteiger partial charge on any atom is -0.465 e. The summed E-state index contributed by atoms with van der Waals surface area (Å²) in [6.45, 7) is 4.35. The van der Waals surface area contributed by atoms with Gasteiger partial charge in [-0.05, 0) is 61.5 Å². The lowest BCUT2D eigenvalue weighted by atomic mass is 9.88. The van der Waals surface area contributed by atoms with Gasteiger partial charge in [0.1, 0.15) is 10.0 Å². The molecule has 2 aliphatic rings. The minimum atomic E-state index is -0.457. The van der Waals surface area contributed by atoms with Crippen molar-refractivity contribution in [1.82, 2.24) is 0 Å². The van der Waals surface area contributed by atoms with E-state index < -0.39 is 11.9 Å². The third-order valence-electron chi connectivity index (χ3n) is 6.89. The summed E-state index contributed by atoms with van der Waals surface area (Å²) >= 11 is 2.83. The fraction of sp³-hybridized carbons (Fsp3) is 0.538. The maximum absolute atomic E-state index is 12.7. The first-order valence-corrected chi connectivity index (χ1v) is 13.9. The normalized spacial score (nSPS) is 18.6. The van der Waals surface area contributed by atoms with Gasteiger partial charge in [-0.1, -0.05) is 13.8 Å². The summed E-state index contributed by atoms with van der Waals surface area (Å²) in [6.07, 6.45) is 5.16. The van der Waals surface area contributed by atoms with E-state index >= 15 is 0 Å². The van der Waals surface area contributed by atoms with Gasteiger partial charge in [-0.3, -0.25) is 9.59 Å². The van der Waals surface area contributed by atoms with Gasteiger partial charge in [0.15, 0.2) is 0 Å². The molecule has 0 saturated heterocycles. The van der Waals surface area contributed by atoms with Crippen LogP contribution in [0, 0.1) is 11.8 Å². The van der Waals surface area contributed by atoms with Crippen LogP contribution in [0.5, 0.6) is 0 Å². The number of ether oxygens (including phenoxy) is 2. The van der Waals surface area contributed by atoms with Crippen molar-refractivity contribution in [2.75, 3.05) is 24.9 Å². The van der Waals surface area contributed by atoms with Crippen LogP contribution in [0.1, 0.15) is 81.1 Å². The molecule has 2 amide bonds. The number of carbonyl (C=O) groups is 4. The number of carbonyl (C=O) groups excluding carboxylic acids is 4. The zero-order chi connectivity index (χ0) is 26.0. The highest BCUT2D eigenvalue weighted by atomic mass is 32.1. The lowest BCUT2D eigenvalue weighted by molar-refractivity contribution is -0.121. The molecule has 0 unspecified atom stereocenters. The van der Waals surface area contributed by atoms with E-state index in [-0.39, 0.29) is 24.7 Å². The van der Waals surface area contributed by atoms with Crippen molar-refractivity contribution in [1.29, 1.82) is 0 Å². The third-order valence-corrected chi connectivity index (χ3v) is 9.23. The van der Waals surface area contributed by atoms with E-state index in [0.29, 0.717) is 33.0 Å². The molecule has 0 aromatic carbocycles. The van der Waals surface area contributed by atoms with Crippen molar-refractivity contribution in [3.63, 3.8) is 0 Å². The molecule has 2 heterocycles. The number of methoxy groups -OCH3 is 2. The molecular formula is C26H32N2O6S2. The Hall–Kier alpha value is -2.72. The van der Waals surface area contributed by atoms with Crippen molar-refractivity contribution < 1.29 is 28.7 Å². The SMILES string of the molecule is COC(=O)c1c(NC(=O)CCC(=O)Nc2sc3c(c2C(=O)OC)CC[C@H](C)C3)sc2c1CC[C@H](C)C2. The number of thiophene rings is 2. The number of nitrogens with one attached hydrogen (secondary N) is 2. The molecule has 36 heavy (non-hydrogen) atoms. The second-order valence-electron chi connectivity index (χ2n) is 9.69. The first-order valence-electron chi connectivity index (χ1n) is 12.3. The van der Waals surface area contributed by atoms with Gasteiger partial charge in [0.25, 0.3) is 0 Å². The minimum absolute atomic E-state index is 0.0545. The van der Waals surface area contributed by atoms with E-state index in [9.17, 15) is 19.2 Å². The lowest BCUT2D eigenvalue weighted by Crippen LogP contribution is -2.19. The van der Waals surface area contributed by atoms with E-state index in [0.717, 1.165) is 59.4 Å². The summed E-state index contributed by atoms with van der Waals surface area (Å²) in [6, 6.07) is 0. The van der Waals surface area contributed by atoms with E-state index in [1.54, 1.807) is 0 Å². The quantitative estimate of drug-likeness (QED) is 0.486. The van der Waals surface area contributed by atoms with Gasteiger partial charge in [0.05, 0.1) is 25.3 Å². The van der Waals surface area contributed by atoms with Crippen LogP contribution in [0.2, 0.25) is 0 Å². The second-order valence-corrected chi connectivity index (χ2v) is 11.9. The number of hydrogen-bond acceptors (Lipinski definition) is 8. The first-order chi connectivity index (χ1) is 17.2. The van der Waals surface area contributed by atoms with Crippen molar-refractivity contribution >= 4 is 56.4 Å². The van der Waals surface area contributed by atoms with Crippen LogP contribution < -0.4 is 10.6 Å². The van der Waals surface area contributed by atoms with Crippen LogP contribution in [-0.2, 0) is 44.7 Å². The molecule has 10 heteroatoms. The van der Waals surface area contributed by atoms with Crippen molar-refractivity contribution in [3.05, 3.63) is 32.0 Å². The highest BCUT2D eigenvalue weighted by molar-refractivity contribution is 7.17. The van der Waals surface area contributed by atoms with Crippen LogP contribution in [-0.4, -0.2) is 38.0 Å². The molecule has 0 bridgehead atoms. The molecule has 2 aromatic rings. The predicted octanol–water partition coefficient (Wildman–Crippen LogP) is 4.99. The molecule has 4 rings (SSSR count). The van der Waals surface area contributed by atoms with Crippen molar-refractivity contribution in [3.8, 4) is 0 Å². The molecule has 8 nitrogen and oxygen atoms in total. The molecule has 0 fully saturated rings. The number of rotatable bonds is 7. The topological polar surface area (TPSA) is 111 Å². The molecule has 194 valence electrons. The summed E-state index contributed by atoms with van der Waals surface area (Å²) in [5, 5.41) is 6.63. The fourth-order valence-electron chi connectivity index (χ4n) is 4.92. The van der Waals surface area contributed by atoms with Crippen LogP contribution in [0.15, 0.2) is 0 Å². The molecule has 0 spiro atoms. The van der Waals surface area contributed by atoms with Crippen LogP contribution in [0.25, 0.3) is 0 Å².